The molecule has 0 aromatic carbocycles. The van der Waals surface area contributed by atoms with E-state index in [1.54, 1.807) is 12.2 Å². The van der Waals surface area contributed by atoms with Crippen LogP contribution in [0.15, 0.2) is 6.08 Å². The van der Waals surface area contributed by atoms with Crippen molar-refractivity contribution in [1.29, 1.82) is 0 Å². The fourth-order valence-corrected chi connectivity index (χ4v) is 3.32. The quantitative estimate of drug-likeness (QED) is 0.839. The van der Waals surface area contributed by atoms with E-state index in [1.807, 2.05) is 23.4 Å². The van der Waals surface area contributed by atoms with E-state index in [4.69, 9.17) is 17.3 Å². The Kier molecular flexibility index (Phi) is 6.25. The predicted molar refractivity (Wildman–Crippen MR) is 94.3 cm³/mol. The molecule has 1 aromatic rings. The fraction of sp³-hybridized carbons (Fsp3) is 0.647. The third-order valence-electron chi connectivity index (χ3n) is 4.43. The molecule has 2 rings (SSSR count). The van der Waals surface area contributed by atoms with E-state index >= 15 is 0 Å². The Balaban J connectivity index is 2.07. The maximum atomic E-state index is 12.4. The first-order valence-corrected chi connectivity index (χ1v) is 8.79. The van der Waals surface area contributed by atoms with Gasteiger partial charge in [0.05, 0.1) is 5.69 Å². The average molecular weight is 339 g/mol. The lowest BCUT2D eigenvalue weighted by molar-refractivity contribution is -0.129. The maximum absolute atomic E-state index is 12.4. The largest absolute Gasteiger partial charge is 0.336 e. The summed E-state index contributed by atoms with van der Waals surface area (Å²) in [4.78, 5) is 14.3. The number of nitrogens with zero attached hydrogens (tertiary/aromatic N) is 3. The third kappa shape index (κ3) is 4.36. The van der Waals surface area contributed by atoms with Gasteiger partial charge in [-0.1, -0.05) is 24.9 Å². The Bertz CT molecular complexity index is 581. The number of aromatic nitrogens is 2. The van der Waals surface area contributed by atoms with Crippen LogP contribution in [0.4, 0.5) is 0 Å². The molecule has 2 unspecified atom stereocenters. The Morgan fingerprint density at radius 3 is 2.91 bits per heavy atom. The molecule has 2 N–H and O–H groups in total. The van der Waals surface area contributed by atoms with Gasteiger partial charge in [0, 0.05) is 36.8 Å². The molecule has 1 saturated heterocycles. The van der Waals surface area contributed by atoms with Gasteiger partial charge in [0.2, 0.25) is 5.91 Å². The Morgan fingerprint density at radius 2 is 2.26 bits per heavy atom. The van der Waals surface area contributed by atoms with Crippen LogP contribution in [-0.2, 0) is 11.3 Å². The first kappa shape index (κ1) is 18.0. The van der Waals surface area contributed by atoms with Crippen LogP contribution >= 0.6 is 11.6 Å². The van der Waals surface area contributed by atoms with Crippen molar-refractivity contribution in [2.45, 2.75) is 65.1 Å². The predicted octanol–water partition coefficient (Wildman–Crippen LogP) is 3.00. The molecule has 5 nitrogen and oxygen atoms in total. The average Bonchev–Trinajstić information content (AvgIpc) is 2.77. The molecule has 6 heteroatoms. The van der Waals surface area contributed by atoms with Crippen LogP contribution in [0.5, 0.6) is 0 Å². The second-order valence-corrected chi connectivity index (χ2v) is 6.72. The van der Waals surface area contributed by atoms with Crippen molar-refractivity contribution in [3.05, 3.63) is 22.5 Å². The van der Waals surface area contributed by atoms with Crippen LogP contribution in [-0.4, -0.2) is 39.2 Å². The molecule has 1 fully saturated rings. The zero-order valence-corrected chi connectivity index (χ0v) is 15.0. The number of aryl methyl sites for hydroxylation is 2. The summed E-state index contributed by atoms with van der Waals surface area (Å²) in [7, 11) is 0. The smallest absolute Gasteiger partial charge is 0.246 e. The van der Waals surface area contributed by atoms with E-state index in [0.717, 1.165) is 43.5 Å². The molecule has 23 heavy (non-hydrogen) atoms. The highest BCUT2D eigenvalue weighted by molar-refractivity contribution is 6.31. The highest BCUT2D eigenvalue weighted by atomic mass is 35.5. The van der Waals surface area contributed by atoms with Gasteiger partial charge in [-0.05, 0) is 39.2 Å². The van der Waals surface area contributed by atoms with Crippen LogP contribution in [0.3, 0.4) is 0 Å². The third-order valence-corrected chi connectivity index (χ3v) is 4.82. The number of hydrogen-bond donors (Lipinski definition) is 1. The molecular formula is C17H27ClN4O. The summed E-state index contributed by atoms with van der Waals surface area (Å²) in [5.41, 5.74) is 7.63. The minimum atomic E-state index is 0.0150. The molecule has 1 aliphatic rings. The summed E-state index contributed by atoms with van der Waals surface area (Å²) in [5, 5.41) is 5.06. The Hall–Kier alpha value is -1.33. The van der Waals surface area contributed by atoms with E-state index in [0.29, 0.717) is 11.7 Å². The summed E-state index contributed by atoms with van der Waals surface area (Å²) < 4.78 is 1.81. The van der Waals surface area contributed by atoms with Gasteiger partial charge in [0.15, 0.2) is 0 Å². The maximum Gasteiger partial charge on any atom is 0.246 e. The van der Waals surface area contributed by atoms with Crippen molar-refractivity contribution in [2.75, 3.05) is 6.54 Å². The summed E-state index contributed by atoms with van der Waals surface area (Å²) in [6.07, 6.45) is 7.24. The van der Waals surface area contributed by atoms with Crippen LogP contribution in [0.2, 0.25) is 5.15 Å². The number of amides is 1. The van der Waals surface area contributed by atoms with Gasteiger partial charge < -0.3 is 10.6 Å². The van der Waals surface area contributed by atoms with Gasteiger partial charge in [-0.15, -0.1) is 0 Å². The van der Waals surface area contributed by atoms with Crippen LogP contribution in [0.25, 0.3) is 6.08 Å². The van der Waals surface area contributed by atoms with Crippen LogP contribution < -0.4 is 5.73 Å². The van der Waals surface area contributed by atoms with Gasteiger partial charge in [0.25, 0.3) is 0 Å². The Labute approximate surface area is 143 Å². The van der Waals surface area contributed by atoms with E-state index in [-0.39, 0.29) is 18.0 Å². The van der Waals surface area contributed by atoms with Crippen LogP contribution in [0.1, 0.15) is 50.8 Å². The van der Waals surface area contributed by atoms with Crippen molar-refractivity contribution in [1.82, 2.24) is 14.7 Å². The lowest BCUT2D eigenvalue weighted by Gasteiger charge is -2.35. The molecule has 0 saturated carbocycles. The number of rotatable bonds is 5. The first-order valence-electron chi connectivity index (χ1n) is 8.41. The number of halogens is 1. The minimum absolute atomic E-state index is 0.0150. The van der Waals surface area contributed by atoms with Crippen LogP contribution in [0, 0.1) is 6.92 Å². The van der Waals surface area contributed by atoms with Crippen molar-refractivity contribution in [2.24, 2.45) is 5.73 Å². The van der Waals surface area contributed by atoms with Gasteiger partial charge in [-0.3, -0.25) is 9.48 Å². The van der Waals surface area contributed by atoms with Crippen molar-refractivity contribution < 1.29 is 4.79 Å². The number of carbonyl (C=O) groups excluding carboxylic acids is 1. The zero-order chi connectivity index (χ0) is 17.0. The van der Waals surface area contributed by atoms with E-state index in [2.05, 4.69) is 12.0 Å². The molecule has 2 atom stereocenters. The summed E-state index contributed by atoms with van der Waals surface area (Å²) >= 11 is 6.39. The lowest BCUT2D eigenvalue weighted by atomic mass is 9.99. The van der Waals surface area contributed by atoms with Gasteiger partial charge in [0.1, 0.15) is 5.15 Å². The molecule has 0 radical (unpaired) electrons. The minimum Gasteiger partial charge on any atom is -0.336 e. The molecule has 1 amide bonds. The monoisotopic (exact) mass is 338 g/mol. The summed E-state index contributed by atoms with van der Waals surface area (Å²) in [6, 6.07) is 0.381. The molecule has 128 valence electrons. The van der Waals surface area contributed by atoms with Crippen molar-refractivity contribution >= 4 is 23.6 Å². The van der Waals surface area contributed by atoms with Crippen molar-refractivity contribution in [3.8, 4) is 0 Å². The first-order chi connectivity index (χ1) is 10.9. The highest BCUT2D eigenvalue weighted by Gasteiger charge is 2.25. The van der Waals surface area contributed by atoms with Gasteiger partial charge in [-0.25, -0.2) is 0 Å². The normalized spacial score (nSPS) is 22.0. The molecule has 1 aliphatic heterocycles. The number of nitrogens with two attached hydrogens (primary N) is 1. The molecule has 0 spiro atoms. The topological polar surface area (TPSA) is 64.2 Å². The molecule has 0 aliphatic carbocycles. The van der Waals surface area contributed by atoms with E-state index < -0.39 is 0 Å². The summed E-state index contributed by atoms with van der Waals surface area (Å²) in [6.45, 7) is 7.62. The second kappa shape index (κ2) is 7.97. The molecule has 1 aromatic heterocycles. The Morgan fingerprint density at radius 1 is 1.52 bits per heavy atom. The number of unbranched alkanes of at least 4 members (excludes halogenated alkanes) is 1. The number of carbonyl (C=O) groups is 1. The standard InChI is InChI=1S/C17H27ClN4O/c1-4-5-9-22-17(18)15(13(3)20-22)6-7-16(23)21-10-8-14(19)11-12(21)2/h6-7,12,14H,4-5,8-11,19H2,1-3H3/b7-6+. The zero-order valence-electron chi connectivity index (χ0n) is 14.3. The molecule has 2 heterocycles. The van der Waals surface area contributed by atoms with Gasteiger partial charge >= 0.3 is 0 Å². The summed E-state index contributed by atoms with van der Waals surface area (Å²) in [5.74, 6) is 0.0150. The van der Waals surface area contributed by atoms with Gasteiger partial charge in [-0.2, -0.15) is 5.10 Å². The van der Waals surface area contributed by atoms with E-state index in [1.165, 1.54) is 0 Å². The number of hydrogen-bond acceptors (Lipinski definition) is 3. The highest BCUT2D eigenvalue weighted by Crippen LogP contribution is 2.22. The second-order valence-electron chi connectivity index (χ2n) is 6.37. The van der Waals surface area contributed by atoms with Crippen molar-refractivity contribution in [3.63, 3.8) is 0 Å². The SMILES string of the molecule is CCCCn1nc(C)c(/C=C/C(=O)N2CCC(N)CC2C)c1Cl. The lowest BCUT2D eigenvalue weighted by Crippen LogP contribution is -2.47. The number of piperidine rings is 1. The molecule has 0 bridgehead atoms. The molecular weight excluding hydrogens is 312 g/mol. The fourth-order valence-electron chi connectivity index (χ4n) is 3.00. The van der Waals surface area contributed by atoms with E-state index in [9.17, 15) is 4.79 Å². The number of likely N-dealkylation sites (tertiary alicyclic amines) is 1.